The largest absolute Gasteiger partial charge is 0.399 e. The van der Waals surface area contributed by atoms with E-state index >= 15 is 0 Å². The second-order valence-corrected chi connectivity index (χ2v) is 4.05. The van der Waals surface area contributed by atoms with Gasteiger partial charge in [0.1, 0.15) is 0 Å². The first-order chi connectivity index (χ1) is 6.79. The Balaban J connectivity index is 2.39. The third-order valence-electron chi connectivity index (χ3n) is 2.09. The summed E-state index contributed by atoms with van der Waals surface area (Å²) in [5, 5.41) is 0. The predicted octanol–water partition coefficient (Wildman–Crippen LogP) is 2.95. The molecule has 0 radical (unpaired) electrons. The number of benzene rings is 1. The van der Waals surface area contributed by atoms with E-state index in [1.54, 1.807) is 11.5 Å². The average Bonchev–Trinajstić information content (AvgIpc) is 2.66. The van der Waals surface area contributed by atoms with Crippen molar-refractivity contribution in [2.45, 2.75) is 13.3 Å². The number of aryl methyl sites for hydroxylation is 1. The Morgan fingerprint density at radius 1 is 1.36 bits per heavy atom. The molecule has 0 aliphatic carbocycles. The van der Waals surface area contributed by atoms with E-state index in [2.05, 4.69) is 17.4 Å². The van der Waals surface area contributed by atoms with E-state index < -0.39 is 0 Å². The molecule has 0 saturated heterocycles. The lowest BCUT2D eigenvalue weighted by molar-refractivity contribution is 1.19. The van der Waals surface area contributed by atoms with Crippen molar-refractivity contribution in [3.63, 3.8) is 0 Å². The summed E-state index contributed by atoms with van der Waals surface area (Å²) in [7, 11) is 0. The van der Waals surface area contributed by atoms with E-state index in [-0.39, 0.29) is 0 Å². The lowest BCUT2D eigenvalue weighted by Crippen LogP contribution is -1.84. The van der Waals surface area contributed by atoms with E-state index in [4.69, 9.17) is 5.73 Å². The number of nitrogens with two attached hydrogens (primary N) is 1. The number of nitrogens with zero attached hydrogens (tertiary/aromatic N) is 1. The molecule has 0 aliphatic rings. The van der Waals surface area contributed by atoms with Crippen LogP contribution < -0.4 is 5.73 Å². The molecule has 2 aromatic rings. The van der Waals surface area contributed by atoms with Gasteiger partial charge >= 0.3 is 0 Å². The molecule has 1 aromatic heterocycles. The fourth-order valence-electron chi connectivity index (χ4n) is 1.31. The minimum atomic E-state index is 0.786. The van der Waals surface area contributed by atoms with E-state index in [1.165, 1.54) is 4.88 Å². The molecule has 14 heavy (non-hydrogen) atoms. The van der Waals surface area contributed by atoms with Crippen molar-refractivity contribution in [2.24, 2.45) is 0 Å². The van der Waals surface area contributed by atoms with Crippen molar-refractivity contribution in [2.75, 3.05) is 5.73 Å². The topological polar surface area (TPSA) is 38.9 Å². The summed E-state index contributed by atoms with van der Waals surface area (Å²) in [4.78, 5) is 1.31. The van der Waals surface area contributed by atoms with Crippen molar-refractivity contribution < 1.29 is 0 Å². The van der Waals surface area contributed by atoms with Gasteiger partial charge in [0.25, 0.3) is 0 Å². The molecule has 0 fully saturated rings. The lowest BCUT2D eigenvalue weighted by atomic mass is 10.1. The number of rotatable bonds is 2. The molecule has 0 saturated carbocycles. The summed E-state index contributed by atoms with van der Waals surface area (Å²) in [5.74, 6) is 0. The minimum Gasteiger partial charge on any atom is -0.399 e. The number of aromatic nitrogens is 1. The van der Waals surface area contributed by atoms with Crippen LogP contribution in [0, 0.1) is 0 Å². The second kappa shape index (κ2) is 3.80. The summed E-state index contributed by atoms with van der Waals surface area (Å²) in [5.41, 5.74) is 8.62. The third-order valence-corrected chi connectivity index (χ3v) is 3.02. The molecule has 1 heterocycles. The van der Waals surface area contributed by atoms with Crippen LogP contribution in [0.5, 0.6) is 0 Å². The van der Waals surface area contributed by atoms with Crippen LogP contribution in [0.15, 0.2) is 30.3 Å². The maximum atomic E-state index is 5.71. The van der Waals surface area contributed by atoms with E-state index in [1.807, 2.05) is 24.3 Å². The molecule has 0 bridgehead atoms. The molecule has 2 nitrogen and oxygen atoms in total. The molecule has 0 aliphatic heterocycles. The minimum absolute atomic E-state index is 0.786. The van der Waals surface area contributed by atoms with Crippen molar-refractivity contribution >= 4 is 17.2 Å². The van der Waals surface area contributed by atoms with Gasteiger partial charge in [-0.2, -0.15) is 4.37 Å². The van der Waals surface area contributed by atoms with Crippen molar-refractivity contribution in [3.8, 4) is 11.3 Å². The molecule has 2 rings (SSSR count). The molecular weight excluding hydrogens is 192 g/mol. The van der Waals surface area contributed by atoms with Gasteiger partial charge in [-0.15, -0.1) is 0 Å². The monoisotopic (exact) mass is 204 g/mol. The molecule has 2 N–H and O–H groups in total. The first-order valence-corrected chi connectivity index (χ1v) is 5.38. The van der Waals surface area contributed by atoms with Crippen molar-refractivity contribution in [1.29, 1.82) is 0 Å². The fraction of sp³-hybridized carbons (Fsp3) is 0.182. The zero-order valence-electron chi connectivity index (χ0n) is 8.03. The van der Waals surface area contributed by atoms with Crippen LogP contribution in [0.4, 0.5) is 5.69 Å². The van der Waals surface area contributed by atoms with Gasteiger partial charge in [0, 0.05) is 16.1 Å². The molecule has 0 amide bonds. The Hall–Kier alpha value is -1.35. The Labute approximate surface area is 87.6 Å². The molecule has 1 aromatic carbocycles. The van der Waals surface area contributed by atoms with Crippen LogP contribution in [-0.4, -0.2) is 4.37 Å². The average molecular weight is 204 g/mol. The standard InChI is InChI=1S/C11H12N2S/c1-2-10-7-11(13-14-10)8-4-3-5-9(12)6-8/h3-7H,2,12H2,1H3. The van der Waals surface area contributed by atoms with Crippen LogP contribution >= 0.6 is 11.5 Å². The van der Waals surface area contributed by atoms with Crippen LogP contribution in [-0.2, 0) is 6.42 Å². The SMILES string of the molecule is CCc1cc(-c2cccc(N)c2)ns1. The first kappa shape index (κ1) is 9.21. The summed E-state index contributed by atoms with van der Waals surface area (Å²) in [6.07, 6.45) is 1.04. The summed E-state index contributed by atoms with van der Waals surface area (Å²) in [6, 6.07) is 9.95. The lowest BCUT2D eigenvalue weighted by Gasteiger charge is -1.97. The Morgan fingerprint density at radius 2 is 2.21 bits per heavy atom. The van der Waals surface area contributed by atoms with E-state index in [0.29, 0.717) is 0 Å². The number of hydrogen-bond donors (Lipinski definition) is 1. The molecule has 72 valence electrons. The summed E-state index contributed by atoms with van der Waals surface area (Å²) in [6.45, 7) is 2.14. The van der Waals surface area contributed by atoms with Crippen LogP contribution in [0.2, 0.25) is 0 Å². The fourth-order valence-corrected chi connectivity index (χ4v) is 1.98. The van der Waals surface area contributed by atoms with Gasteiger partial charge in [0.2, 0.25) is 0 Å². The third kappa shape index (κ3) is 1.77. The molecule has 0 unspecified atom stereocenters. The van der Waals surface area contributed by atoms with Gasteiger partial charge in [-0.1, -0.05) is 19.1 Å². The Bertz CT molecular complexity index is 434. The maximum Gasteiger partial charge on any atom is 0.0844 e. The zero-order chi connectivity index (χ0) is 9.97. The molecule has 0 spiro atoms. The smallest absolute Gasteiger partial charge is 0.0844 e. The second-order valence-electron chi connectivity index (χ2n) is 3.16. The highest BCUT2D eigenvalue weighted by Crippen LogP contribution is 2.23. The normalized spacial score (nSPS) is 10.4. The van der Waals surface area contributed by atoms with Gasteiger partial charge in [-0.3, -0.25) is 0 Å². The number of hydrogen-bond acceptors (Lipinski definition) is 3. The van der Waals surface area contributed by atoms with Gasteiger partial charge in [-0.05, 0) is 36.2 Å². The van der Waals surface area contributed by atoms with Crippen LogP contribution in [0.1, 0.15) is 11.8 Å². The number of anilines is 1. The molecule has 3 heteroatoms. The molecule has 0 atom stereocenters. The summed E-state index contributed by atoms with van der Waals surface area (Å²) >= 11 is 1.56. The molecular formula is C11H12N2S. The van der Waals surface area contributed by atoms with E-state index in [9.17, 15) is 0 Å². The van der Waals surface area contributed by atoms with Crippen LogP contribution in [0.3, 0.4) is 0 Å². The van der Waals surface area contributed by atoms with Crippen molar-refractivity contribution in [1.82, 2.24) is 4.37 Å². The first-order valence-electron chi connectivity index (χ1n) is 4.61. The highest BCUT2D eigenvalue weighted by atomic mass is 32.1. The van der Waals surface area contributed by atoms with Gasteiger partial charge in [0.15, 0.2) is 0 Å². The van der Waals surface area contributed by atoms with E-state index in [0.717, 1.165) is 23.4 Å². The predicted molar refractivity (Wildman–Crippen MR) is 61.3 cm³/mol. The quantitative estimate of drug-likeness (QED) is 0.764. The summed E-state index contributed by atoms with van der Waals surface area (Å²) < 4.78 is 4.38. The van der Waals surface area contributed by atoms with Crippen LogP contribution in [0.25, 0.3) is 11.3 Å². The number of nitrogen functional groups attached to an aromatic ring is 1. The van der Waals surface area contributed by atoms with Crippen molar-refractivity contribution in [3.05, 3.63) is 35.2 Å². The van der Waals surface area contributed by atoms with Gasteiger partial charge in [0.05, 0.1) is 5.69 Å². The highest BCUT2D eigenvalue weighted by Gasteiger charge is 2.02. The highest BCUT2D eigenvalue weighted by molar-refractivity contribution is 7.06. The Kier molecular flexibility index (Phi) is 2.50. The maximum absolute atomic E-state index is 5.71. The zero-order valence-corrected chi connectivity index (χ0v) is 8.84. The van der Waals surface area contributed by atoms with Gasteiger partial charge < -0.3 is 5.73 Å². The van der Waals surface area contributed by atoms with Gasteiger partial charge in [-0.25, -0.2) is 0 Å². The Morgan fingerprint density at radius 3 is 2.86 bits per heavy atom.